The number of nitrogens with zero attached hydrogens (tertiary/aromatic N) is 4. The number of benzene rings is 1. The third-order valence-electron chi connectivity index (χ3n) is 4.36. The van der Waals surface area contributed by atoms with E-state index in [9.17, 15) is 4.79 Å². The van der Waals surface area contributed by atoms with Gasteiger partial charge in [-0.2, -0.15) is 0 Å². The van der Waals surface area contributed by atoms with Gasteiger partial charge in [-0.05, 0) is 49.4 Å². The summed E-state index contributed by atoms with van der Waals surface area (Å²) in [6.45, 7) is 4.13. The highest BCUT2D eigenvalue weighted by atomic mass is 32.2. The SMILES string of the molecule is CC1CC(=Nc2cc(N3CCC3)nc(Sc3ccc(NC=O)cc3)n2)NN1. The third kappa shape index (κ3) is 4.37. The summed E-state index contributed by atoms with van der Waals surface area (Å²) in [4.78, 5) is 27.7. The number of hydrazine groups is 1. The summed E-state index contributed by atoms with van der Waals surface area (Å²) in [6.07, 6.45) is 2.70. The molecule has 2 fully saturated rings. The van der Waals surface area contributed by atoms with Gasteiger partial charge in [0.05, 0.1) is 0 Å². The topological polar surface area (TPSA) is 94.5 Å². The number of amides is 1. The van der Waals surface area contributed by atoms with Gasteiger partial charge in [-0.3, -0.25) is 4.79 Å². The summed E-state index contributed by atoms with van der Waals surface area (Å²) >= 11 is 1.48. The fraction of sp³-hybridized carbons (Fsp3) is 0.333. The van der Waals surface area contributed by atoms with Gasteiger partial charge in [0, 0.05) is 42.2 Å². The normalized spacial score (nSPS) is 20.3. The monoisotopic (exact) mass is 383 g/mol. The van der Waals surface area contributed by atoms with Gasteiger partial charge in [0.2, 0.25) is 6.41 Å². The smallest absolute Gasteiger partial charge is 0.211 e. The number of aromatic nitrogens is 2. The highest BCUT2D eigenvalue weighted by Crippen LogP contribution is 2.31. The maximum Gasteiger partial charge on any atom is 0.211 e. The van der Waals surface area contributed by atoms with Crippen LogP contribution in [0.25, 0.3) is 0 Å². The maximum atomic E-state index is 10.5. The van der Waals surface area contributed by atoms with E-state index in [0.717, 1.165) is 41.7 Å². The summed E-state index contributed by atoms with van der Waals surface area (Å²) in [5.41, 5.74) is 7.01. The molecule has 0 bridgehead atoms. The number of hydrogen-bond donors (Lipinski definition) is 3. The van der Waals surface area contributed by atoms with Crippen molar-refractivity contribution in [1.82, 2.24) is 20.8 Å². The highest BCUT2D eigenvalue weighted by molar-refractivity contribution is 7.99. The predicted octanol–water partition coefficient (Wildman–Crippen LogP) is 2.32. The minimum absolute atomic E-state index is 0.354. The molecule has 9 heteroatoms. The van der Waals surface area contributed by atoms with Crippen LogP contribution in [0.1, 0.15) is 19.8 Å². The summed E-state index contributed by atoms with van der Waals surface area (Å²) in [5.74, 6) is 2.46. The van der Waals surface area contributed by atoms with Crippen LogP contribution in [0.4, 0.5) is 17.3 Å². The Morgan fingerprint density at radius 3 is 2.74 bits per heavy atom. The van der Waals surface area contributed by atoms with Crippen LogP contribution >= 0.6 is 11.8 Å². The molecule has 3 heterocycles. The number of carbonyl (C=O) groups is 1. The summed E-state index contributed by atoms with van der Waals surface area (Å²) in [7, 11) is 0. The molecule has 0 spiro atoms. The van der Waals surface area contributed by atoms with Gasteiger partial charge in [-0.15, -0.1) is 0 Å². The molecule has 140 valence electrons. The van der Waals surface area contributed by atoms with Crippen molar-refractivity contribution >= 4 is 41.3 Å². The first-order valence-corrected chi connectivity index (χ1v) is 9.72. The fourth-order valence-electron chi connectivity index (χ4n) is 2.81. The second-order valence-corrected chi connectivity index (χ2v) is 7.57. The Kier molecular flexibility index (Phi) is 5.21. The molecule has 4 rings (SSSR count). The van der Waals surface area contributed by atoms with Crippen LogP contribution in [-0.4, -0.2) is 41.3 Å². The first-order valence-electron chi connectivity index (χ1n) is 8.91. The number of aliphatic imine (C=N–C) groups is 1. The number of anilines is 2. The lowest BCUT2D eigenvalue weighted by Gasteiger charge is -2.32. The molecule has 0 radical (unpaired) electrons. The van der Waals surface area contributed by atoms with Crippen LogP contribution in [0.15, 0.2) is 45.4 Å². The number of nitrogens with one attached hydrogen (secondary N) is 3. The van der Waals surface area contributed by atoms with E-state index in [4.69, 9.17) is 4.98 Å². The number of carbonyl (C=O) groups excluding carboxylic acids is 1. The molecule has 1 aromatic heterocycles. The Labute approximate surface area is 161 Å². The van der Waals surface area contributed by atoms with Crippen molar-refractivity contribution in [1.29, 1.82) is 0 Å². The minimum atomic E-state index is 0.354. The maximum absolute atomic E-state index is 10.5. The first kappa shape index (κ1) is 17.7. The van der Waals surface area contributed by atoms with Gasteiger partial charge in [0.25, 0.3) is 0 Å². The molecule has 2 aromatic rings. The Morgan fingerprint density at radius 1 is 1.30 bits per heavy atom. The van der Waals surface area contributed by atoms with E-state index in [-0.39, 0.29) is 0 Å². The van der Waals surface area contributed by atoms with Gasteiger partial charge < -0.3 is 15.6 Å². The lowest BCUT2D eigenvalue weighted by molar-refractivity contribution is -0.105. The summed E-state index contributed by atoms with van der Waals surface area (Å²) in [6, 6.07) is 9.88. The van der Waals surface area contributed by atoms with Crippen molar-refractivity contribution in [2.45, 2.75) is 35.9 Å². The second kappa shape index (κ2) is 7.93. The number of hydrogen-bond acceptors (Lipinski definition) is 7. The molecule has 3 N–H and O–H groups in total. The van der Waals surface area contributed by atoms with E-state index >= 15 is 0 Å². The molecule has 2 saturated heterocycles. The standard InChI is InChI=1S/C18H21N7OS/c1-12-9-16(24-23-12)20-15-10-17(25-7-2-8-25)22-18(21-15)27-14-5-3-13(4-6-14)19-11-26/h3-6,10-12,23H,2,7-9H2,1H3,(H,19,26)(H,20,21,22,24). The molecule has 8 nitrogen and oxygen atoms in total. The zero-order valence-corrected chi connectivity index (χ0v) is 15.8. The Bertz CT molecular complexity index is 851. The van der Waals surface area contributed by atoms with Crippen molar-refractivity contribution in [2.24, 2.45) is 4.99 Å². The lowest BCUT2D eigenvalue weighted by Crippen LogP contribution is -2.37. The van der Waals surface area contributed by atoms with E-state index in [1.54, 1.807) is 0 Å². The molecule has 2 aliphatic heterocycles. The van der Waals surface area contributed by atoms with Crippen molar-refractivity contribution < 1.29 is 4.79 Å². The van der Waals surface area contributed by atoms with E-state index in [1.165, 1.54) is 18.2 Å². The van der Waals surface area contributed by atoms with Crippen molar-refractivity contribution in [3.63, 3.8) is 0 Å². The molecule has 0 saturated carbocycles. The lowest BCUT2D eigenvalue weighted by atomic mass is 10.2. The van der Waals surface area contributed by atoms with E-state index in [1.807, 2.05) is 30.3 Å². The molecular formula is C18H21N7OS. The molecular weight excluding hydrogens is 362 g/mol. The molecule has 1 unspecified atom stereocenters. The molecule has 1 aromatic carbocycles. The quantitative estimate of drug-likeness (QED) is 0.520. The van der Waals surface area contributed by atoms with Crippen molar-refractivity contribution in [3.05, 3.63) is 30.3 Å². The van der Waals surface area contributed by atoms with Crippen molar-refractivity contribution in [3.8, 4) is 0 Å². The van der Waals surface area contributed by atoms with Crippen molar-refractivity contribution in [2.75, 3.05) is 23.3 Å². The number of amidine groups is 1. The highest BCUT2D eigenvalue weighted by Gasteiger charge is 2.19. The molecule has 1 atom stereocenters. The fourth-order valence-corrected chi connectivity index (χ4v) is 3.58. The van der Waals surface area contributed by atoms with Crippen LogP contribution in [0.5, 0.6) is 0 Å². The van der Waals surface area contributed by atoms with Gasteiger partial charge in [0.15, 0.2) is 11.0 Å². The summed E-state index contributed by atoms with van der Waals surface area (Å²) < 4.78 is 0. The van der Waals surface area contributed by atoms with Crippen LogP contribution < -0.4 is 21.1 Å². The van der Waals surface area contributed by atoms with E-state index in [0.29, 0.717) is 23.4 Å². The summed E-state index contributed by atoms with van der Waals surface area (Å²) in [5, 5.41) is 3.29. The van der Waals surface area contributed by atoms with Gasteiger partial charge in [0.1, 0.15) is 11.7 Å². The zero-order valence-electron chi connectivity index (χ0n) is 15.0. The first-order chi connectivity index (χ1) is 13.2. The predicted molar refractivity (Wildman–Crippen MR) is 107 cm³/mol. The van der Waals surface area contributed by atoms with E-state index in [2.05, 4.69) is 38.0 Å². The van der Waals surface area contributed by atoms with Gasteiger partial charge >= 0.3 is 0 Å². The Balaban J connectivity index is 1.58. The third-order valence-corrected chi connectivity index (χ3v) is 5.23. The molecule has 27 heavy (non-hydrogen) atoms. The average molecular weight is 383 g/mol. The molecule has 0 aliphatic carbocycles. The van der Waals surface area contributed by atoms with Crippen LogP contribution in [0.2, 0.25) is 0 Å². The average Bonchev–Trinajstić information content (AvgIpc) is 3.00. The molecule has 2 aliphatic rings. The van der Waals surface area contributed by atoms with E-state index < -0.39 is 0 Å². The largest absolute Gasteiger partial charge is 0.356 e. The Morgan fingerprint density at radius 2 is 2.11 bits per heavy atom. The molecule has 1 amide bonds. The van der Waals surface area contributed by atoms with Gasteiger partial charge in [-0.25, -0.2) is 20.4 Å². The number of rotatable bonds is 6. The van der Waals surface area contributed by atoms with Crippen LogP contribution in [0, 0.1) is 0 Å². The van der Waals surface area contributed by atoms with Crippen LogP contribution in [0.3, 0.4) is 0 Å². The minimum Gasteiger partial charge on any atom is -0.356 e. The van der Waals surface area contributed by atoms with Gasteiger partial charge in [-0.1, -0.05) is 0 Å². The Hall–Kier alpha value is -2.65. The second-order valence-electron chi connectivity index (χ2n) is 6.53. The van der Waals surface area contributed by atoms with Crippen LogP contribution in [-0.2, 0) is 4.79 Å². The zero-order chi connectivity index (χ0) is 18.6.